The molecule has 0 radical (unpaired) electrons. The zero-order chi connectivity index (χ0) is 20.2. The van der Waals surface area contributed by atoms with Crippen LogP contribution in [0.1, 0.15) is 23.4 Å². The highest BCUT2D eigenvalue weighted by atomic mass is 32.2. The molecule has 1 amide bonds. The molecule has 0 spiro atoms. The number of hydrogen-bond acceptors (Lipinski definition) is 6. The number of furan rings is 1. The van der Waals surface area contributed by atoms with E-state index in [1.54, 1.807) is 48.3 Å². The van der Waals surface area contributed by atoms with Crippen LogP contribution in [0.25, 0.3) is 0 Å². The molecule has 0 aliphatic heterocycles. The number of hydrogen-bond donors (Lipinski definition) is 1. The fourth-order valence-electron chi connectivity index (χ4n) is 3.43. The van der Waals surface area contributed by atoms with Crippen LogP contribution in [-0.2, 0) is 24.2 Å². The lowest BCUT2D eigenvalue weighted by molar-refractivity contribution is -0.113. The van der Waals surface area contributed by atoms with E-state index in [0.717, 1.165) is 42.0 Å². The Morgan fingerprint density at radius 2 is 2.10 bits per heavy atom. The molecule has 1 aromatic carbocycles. The van der Waals surface area contributed by atoms with Crippen molar-refractivity contribution >= 4 is 23.4 Å². The fourth-order valence-corrected chi connectivity index (χ4v) is 4.31. The molecule has 7 nitrogen and oxygen atoms in total. The van der Waals surface area contributed by atoms with Crippen LogP contribution in [0.15, 0.2) is 56.9 Å². The molecule has 150 valence electrons. The Labute approximate surface area is 172 Å². The Balaban J connectivity index is 1.46. The normalized spacial score (nSPS) is 12.6. The quantitative estimate of drug-likeness (QED) is 0.475. The van der Waals surface area contributed by atoms with E-state index in [9.17, 15) is 9.59 Å². The summed E-state index contributed by atoms with van der Waals surface area (Å²) in [5, 5.41) is 3.50. The van der Waals surface area contributed by atoms with E-state index in [1.807, 2.05) is 6.07 Å². The fraction of sp³-hybridized carbons (Fsp3) is 0.286. The smallest absolute Gasteiger partial charge is 0.349 e. The summed E-state index contributed by atoms with van der Waals surface area (Å²) in [4.78, 5) is 29.2. The van der Waals surface area contributed by atoms with Crippen molar-refractivity contribution in [3.8, 4) is 5.75 Å². The third-order valence-corrected chi connectivity index (χ3v) is 5.83. The van der Waals surface area contributed by atoms with Crippen molar-refractivity contribution in [1.82, 2.24) is 9.55 Å². The zero-order valence-corrected chi connectivity index (χ0v) is 16.8. The van der Waals surface area contributed by atoms with Crippen LogP contribution >= 0.6 is 11.8 Å². The second kappa shape index (κ2) is 8.57. The van der Waals surface area contributed by atoms with Crippen molar-refractivity contribution in [1.29, 1.82) is 0 Å². The molecule has 2 aromatic heterocycles. The van der Waals surface area contributed by atoms with E-state index >= 15 is 0 Å². The van der Waals surface area contributed by atoms with Crippen molar-refractivity contribution in [2.45, 2.75) is 30.8 Å². The number of methoxy groups -OCH3 is 1. The van der Waals surface area contributed by atoms with Crippen LogP contribution in [0, 0.1) is 0 Å². The molecule has 1 aliphatic carbocycles. The van der Waals surface area contributed by atoms with Crippen LogP contribution in [0.2, 0.25) is 0 Å². The maximum absolute atomic E-state index is 12.6. The average molecular weight is 411 g/mol. The Kier molecular flexibility index (Phi) is 5.71. The molecular weight excluding hydrogens is 390 g/mol. The zero-order valence-electron chi connectivity index (χ0n) is 16.0. The summed E-state index contributed by atoms with van der Waals surface area (Å²) in [7, 11) is 1.60. The number of ether oxygens (including phenoxy) is 1. The number of rotatable bonds is 7. The van der Waals surface area contributed by atoms with E-state index in [1.165, 1.54) is 11.8 Å². The van der Waals surface area contributed by atoms with Crippen molar-refractivity contribution in [2.75, 3.05) is 18.2 Å². The number of carbonyl (C=O) groups excluding carboxylic acids is 1. The molecule has 2 heterocycles. The van der Waals surface area contributed by atoms with Gasteiger partial charge >= 0.3 is 5.69 Å². The molecule has 0 atom stereocenters. The maximum Gasteiger partial charge on any atom is 0.349 e. The molecule has 29 heavy (non-hydrogen) atoms. The van der Waals surface area contributed by atoms with Crippen molar-refractivity contribution in [3.63, 3.8) is 0 Å². The maximum atomic E-state index is 12.6. The number of thioether (sulfide) groups is 1. The highest BCUT2D eigenvalue weighted by molar-refractivity contribution is 8.00. The van der Waals surface area contributed by atoms with Gasteiger partial charge < -0.3 is 14.5 Å². The highest BCUT2D eigenvalue weighted by Gasteiger charge is 2.23. The van der Waals surface area contributed by atoms with Crippen LogP contribution in [-0.4, -0.2) is 28.3 Å². The predicted octanol–water partition coefficient (Wildman–Crippen LogP) is 3.11. The number of amides is 1. The van der Waals surface area contributed by atoms with Crippen molar-refractivity contribution < 1.29 is 13.9 Å². The second-order valence-corrected chi connectivity index (χ2v) is 7.67. The van der Waals surface area contributed by atoms with Crippen molar-refractivity contribution in [2.24, 2.45) is 0 Å². The summed E-state index contributed by atoms with van der Waals surface area (Å²) in [6.07, 6.45) is 4.27. The Morgan fingerprint density at radius 1 is 1.28 bits per heavy atom. The first-order valence-electron chi connectivity index (χ1n) is 9.35. The van der Waals surface area contributed by atoms with Gasteiger partial charge in [-0.05, 0) is 55.7 Å². The van der Waals surface area contributed by atoms with E-state index in [-0.39, 0.29) is 17.3 Å². The largest absolute Gasteiger partial charge is 0.497 e. The van der Waals surface area contributed by atoms with E-state index in [4.69, 9.17) is 9.15 Å². The molecular formula is C21H21N3O4S. The SMILES string of the molecule is COc1ccc(NC(=O)CSc2nc(=O)n(Cc3ccco3)c3c2CCC3)cc1. The lowest BCUT2D eigenvalue weighted by Crippen LogP contribution is -2.28. The summed E-state index contributed by atoms with van der Waals surface area (Å²) in [5.74, 6) is 1.50. The number of anilines is 1. The third-order valence-electron chi connectivity index (χ3n) is 4.81. The molecule has 1 N–H and O–H groups in total. The molecule has 1 aliphatic rings. The molecule has 0 fully saturated rings. The van der Waals surface area contributed by atoms with Gasteiger partial charge in [0.25, 0.3) is 0 Å². The van der Waals surface area contributed by atoms with Gasteiger partial charge in [0.1, 0.15) is 16.5 Å². The van der Waals surface area contributed by atoms with Crippen LogP contribution in [0.4, 0.5) is 5.69 Å². The first-order chi connectivity index (χ1) is 14.1. The number of benzene rings is 1. The number of carbonyl (C=O) groups is 1. The minimum atomic E-state index is -0.305. The first kappa shape index (κ1) is 19.3. The van der Waals surface area contributed by atoms with Crippen molar-refractivity contribution in [3.05, 3.63) is 70.2 Å². The van der Waals surface area contributed by atoms with E-state index in [2.05, 4.69) is 10.3 Å². The van der Waals surface area contributed by atoms with Gasteiger partial charge in [-0.1, -0.05) is 11.8 Å². The second-order valence-electron chi connectivity index (χ2n) is 6.71. The summed E-state index contributed by atoms with van der Waals surface area (Å²) in [6, 6.07) is 10.8. The molecule has 0 saturated heterocycles. The Bertz CT molecular complexity index is 1060. The Morgan fingerprint density at radius 3 is 2.83 bits per heavy atom. The monoisotopic (exact) mass is 411 g/mol. The van der Waals surface area contributed by atoms with Crippen LogP contribution in [0.5, 0.6) is 5.75 Å². The van der Waals surface area contributed by atoms with Gasteiger partial charge in [0.2, 0.25) is 5.91 Å². The minimum Gasteiger partial charge on any atom is -0.497 e. The third kappa shape index (κ3) is 4.37. The average Bonchev–Trinajstić information content (AvgIpc) is 3.41. The minimum absolute atomic E-state index is 0.145. The predicted molar refractivity (Wildman–Crippen MR) is 111 cm³/mol. The molecule has 8 heteroatoms. The van der Waals surface area contributed by atoms with Crippen LogP contribution in [0.3, 0.4) is 0 Å². The summed E-state index contributed by atoms with van der Waals surface area (Å²) >= 11 is 1.31. The standard InChI is InChI=1S/C21H21N3O4S/c1-27-15-9-7-14(8-10-15)22-19(25)13-29-20-17-5-2-6-18(17)24(21(26)23-20)12-16-4-3-11-28-16/h3-4,7-11H,2,5-6,12-13H2,1H3,(H,22,25). The lowest BCUT2D eigenvalue weighted by atomic mass is 10.2. The number of nitrogens with one attached hydrogen (secondary N) is 1. The number of nitrogens with zero attached hydrogens (tertiary/aromatic N) is 2. The van der Waals surface area contributed by atoms with Gasteiger partial charge in [0.15, 0.2) is 0 Å². The van der Waals surface area contributed by atoms with Gasteiger partial charge in [0.05, 0.1) is 25.7 Å². The Hall–Kier alpha value is -3.00. The summed E-state index contributed by atoms with van der Waals surface area (Å²) in [6.45, 7) is 0.379. The van der Waals surface area contributed by atoms with Gasteiger partial charge in [-0.15, -0.1) is 0 Å². The lowest BCUT2D eigenvalue weighted by Gasteiger charge is -2.13. The molecule has 0 saturated carbocycles. The highest BCUT2D eigenvalue weighted by Crippen LogP contribution is 2.29. The van der Waals surface area contributed by atoms with Crippen LogP contribution < -0.4 is 15.7 Å². The number of fused-ring (bicyclic) bond motifs is 1. The van der Waals surface area contributed by atoms with E-state index < -0.39 is 0 Å². The van der Waals surface area contributed by atoms with Gasteiger partial charge in [-0.2, -0.15) is 4.98 Å². The molecule has 0 unspecified atom stereocenters. The summed E-state index contributed by atoms with van der Waals surface area (Å²) in [5.41, 5.74) is 2.46. The number of aromatic nitrogens is 2. The van der Waals surface area contributed by atoms with Gasteiger partial charge in [-0.3, -0.25) is 9.36 Å². The van der Waals surface area contributed by atoms with Gasteiger partial charge in [0, 0.05) is 16.9 Å². The van der Waals surface area contributed by atoms with E-state index in [0.29, 0.717) is 17.3 Å². The topological polar surface area (TPSA) is 86.4 Å². The molecule has 3 aromatic rings. The molecule has 0 bridgehead atoms. The summed E-state index contributed by atoms with van der Waals surface area (Å²) < 4.78 is 12.2. The van der Waals surface area contributed by atoms with Gasteiger partial charge in [-0.25, -0.2) is 4.79 Å². The first-order valence-corrected chi connectivity index (χ1v) is 10.3. The molecule has 4 rings (SSSR count).